The number of hydrogen-bond donors (Lipinski definition) is 1. The maximum atomic E-state index is 14.0. The van der Waals surface area contributed by atoms with E-state index >= 15 is 0 Å². The van der Waals surface area contributed by atoms with Crippen molar-refractivity contribution in [3.63, 3.8) is 0 Å². The number of fused-ring (bicyclic) bond motifs is 1. The first kappa shape index (κ1) is 12.5. The zero-order valence-corrected chi connectivity index (χ0v) is 10.5. The maximum absolute atomic E-state index is 14.0. The van der Waals surface area contributed by atoms with Crippen LogP contribution in [0.25, 0.3) is 0 Å². The van der Waals surface area contributed by atoms with Crippen LogP contribution in [0.5, 0.6) is 0 Å². The topological polar surface area (TPSA) is 58.4 Å². The highest BCUT2D eigenvalue weighted by atomic mass is 19.1. The Morgan fingerprint density at radius 3 is 2.68 bits per heavy atom. The van der Waals surface area contributed by atoms with Crippen LogP contribution in [0, 0.1) is 27.8 Å². The van der Waals surface area contributed by atoms with Gasteiger partial charge in [0.15, 0.2) is 0 Å². The summed E-state index contributed by atoms with van der Waals surface area (Å²) in [6.07, 6.45) is 0. The van der Waals surface area contributed by atoms with Crippen molar-refractivity contribution in [2.75, 3.05) is 26.2 Å². The quantitative estimate of drug-likeness (QED) is 0.662. The minimum atomic E-state index is -0.692. The van der Waals surface area contributed by atoms with Gasteiger partial charge in [-0.2, -0.15) is 4.39 Å². The lowest BCUT2D eigenvalue weighted by molar-refractivity contribution is -0.387. The van der Waals surface area contributed by atoms with E-state index in [4.69, 9.17) is 0 Å². The Kier molecular flexibility index (Phi) is 3.20. The molecule has 1 aromatic carbocycles. The van der Waals surface area contributed by atoms with Gasteiger partial charge in [0.2, 0.25) is 5.82 Å². The van der Waals surface area contributed by atoms with Gasteiger partial charge < -0.3 is 5.32 Å². The van der Waals surface area contributed by atoms with Crippen molar-refractivity contribution in [1.82, 2.24) is 10.2 Å². The molecule has 19 heavy (non-hydrogen) atoms. The number of nitrogens with zero attached hydrogens (tertiary/aromatic N) is 2. The fourth-order valence-electron chi connectivity index (χ4n) is 3.15. The minimum absolute atomic E-state index is 0.419. The maximum Gasteiger partial charge on any atom is 0.305 e. The largest absolute Gasteiger partial charge is 0.316 e. The molecule has 0 bridgehead atoms. The van der Waals surface area contributed by atoms with Crippen LogP contribution in [0.1, 0.15) is 5.56 Å². The molecule has 2 heterocycles. The highest BCUT2D eigenvalue weighted by Crippen LogP contribution is 2.29. The van der Waals surface area contributed by atoms with E-state index in [0.29, 0.717) is 23.9 Å². The second-order valence-electron chi connectivity index (χ2n) is 5.38. The lowest BCUT2D eigenvalue weighted by Gasteiger charge is -2.17. The Bertz CT molecular complexity index is 497. The van der Waals surface area contributed by atoms with Crippen LogP contribution in [0.2, 0.25) is 0 Å². The van der Waals surface area contributed by atoms with Crippen LogP contribution in [0.4, 0.5) is 10.1 Å². The number of hydrogen-bond acceptors (Lipinski definition) is 4. The third-order valence-corrected chi connectivity index (χ3v) is 4.11. The highest BCUT2D eigenvalue weighted by molar-refractivity contribution is 5.36. The van der Waals surface area contributed by atoms with Crippen LogP contribution in [-0.2, 0) is 6.54 Å². The second-order valence-corrected chi connectivity index (χ2v) is 5.38. The standard InChI is InChI=1S/C13H16FN3O2/c14-13-9(2-1-3-12(13)17(18)19)6-16-7-10-4-15-5-11(10)8-16/h1-3,10-11,15H,4-8H2/t10-,11+. The average Bonchev–Trinajstić information content (AvgIpc) is 2.92. The molecule has 2 fully saturated rings. The van der Waals surface area contributed by atoms with Crippen LogP contribution in [-0.4, -0.2) is 36.0 Å². The third kappa shape index (κ3) is 2.33. The molecular formula is C13H16FN3O2. The first-order chi connectivity index (χ1) is 9.15. The summed E-state index contributed by atoms with van der Waals surface area (Å²) >= 11 is 0. The highest BCUT2D eigenvalue weighted by Gasteiger charge is 2.36. The van der Waals surface area contributed by atoms with Crippen LogP contribution in [0.3, 0.4) is 0 Å². The van der Waals surface area contributed by atoms with Gasteiger partial charge in [0.25, 0.3) is 0 Å². The van der Waals surface area contributed by atoms with Gasteiger partial charge in [-0.05, 0) is 24.9 Å². The summed E-state index contributed by atoms with van der Waals surface area (Å²) in [4.78, 5) is 12.2. The summed E-state index contributed by atoms with van der Waals surface area (Å²) in [6, 6.07) is 4.39. The molecule has 2 aliphatic heterocycles. The number of nitro benzene ring substituents is 1. The van der Waals surface area contributed by atoms with E-state index in [-0.39, 0.29) is 0 Å². The normalized spacial score (nSPS) is 26.6. The van der Waals surface area contributed by atoms with Gasteiger partial charge in [0, 0.05) is 31.3 Å². The molecule has 0 amide bonds. The molecule has 2 atom stereocenters. The Hall–Kier alpha value is -1.53. The molecule has 5 nitrogen and oxygen atoms in total. The number of nitro groups is 1. The molecule has 0 unspecified atom stereocenters. The van der Waals surface area contributed by atoms with Crippen LogP contribution < -0.4 is 5.32 Å². The molecule has 0 saturated carbocycles. The van der Waals surface area contributed by atoms with E-state index in [1.54, 1.807) is 12.1 Å². The van der Waals surface area contributed by atoms with Crippen molar-refractivity contribution in [3.05, 3.63) is 39.7 Å². The van der Waals surface area contributed by atoms with Crippen molar-refractivity contribution < 1.29 is 9.31 Å². The van der Waals surface area contributed by atoms with Gasteiger partial charge in [-0.25, -0.2) is 0 Å². The molecule has 1 N–H and O–H groups in total. The van der Waals surface area contributed by atoms with Crippen molar-refractivity contribution in [3.8, 4) is 0 Å². The molecule has 1 aromatic rings. The van der Waals surface area contributed by atoms with Crippen molar-refractivity contribution in [1.29, 1.82) is 0 Å². The smallest absolute Gasteiger partial charge is 0.305 e. The second kappa shape index (κ2) is 4.86. The summed E-state index contributed by atoms with van der Waals surface area (Å²) in [7, 11) is 0. The van der Waals surface area contributed by atoms with Gasteiger partial charge in [0.1, 0.15) is 0 Å². The molecular weight excluding hydrogens is 249 g/mol. The van der Waals surface area contributed by atoms with Gasteiger partial charge in [0.05, 0.1) is 4.92 Å². The van der Waals surface area contributed by atoms with Crippen LogP contribution in [0.15, 0.2) is 18.2 Å². The van der Waals surface area contributed by atoms with E-state index in [1.165, 1.54) is 6.07 Å². The Balaban J connectivity index is 1.74. The molecule has 2 aliphatic rings. The SMILES string of the molecule is O=[N+]([O-])c1cccc(CN2C[C@H]3CNC[C@H]3C2)c1F. The molecule has 0 aliphatic carbocycles. The van der Waals surface area contributed by atoms with E-state index in [1.807, 2.05) is 0 Å². The average molecular weight is 265 g/mol. The number of benzene rings is 1. The van der Waals surface area contributed by atoms with Crippen LogP contribution >= 0.6 is 0 Å². The monoisotopic (exact) mass is 265 g/mol. The first-order valence-corrected chi connectivity index (χ1v) is 6.50. The fraction of sp³-hybridized carbons (Fsp3) is 0.538. The fourth-order valence-corrected chi connectivity index (χ4v) is 3.15. The van der Waals surface area contributed by atoms with Crippen molar-refractivity contribution in [2.45, 2.75) is 6.54 Å². The van der Waals surface area contributed by atoms with Crippen molar-refractivity contribution in [2.24, 2.45) is 11.8 Å². The zero-order valence-electron chi connectivity index (χ0n) is 10.5. The minimum Gasteiger partial charge on any atom is -0.316 e. The summed E-state index contributed by atoms with van der Waals surface area (Å²) in [6.45, 7) is 4.40. The lowest BCUT2D eigenvalue weighted by Crippen LogP contribution is -2.25. The summed E-state index contributed by atoms with van der Waals surface area (Å²) < 4.78 is 14.0. The Morgan fingerprint density at radius 2 is 2.05 bits per heavy atom. The van der Waals surface area contributed by atoms with Gasteiger partial charge in [-0.1, -0.05) is 12.1 Å². The zero-order chi connectivity index (χ0) is 13.4. The predicted octanol–water partition coefficient (Wildman–Crippen LogP) is 1.39. The molecule has 6 heteroatoms. The number of nitrogens with one attached hydrogen (secondary N) is 1. The predicted molar refractivity (Wildman–Crippen MR) is 68.2 cm³/mol. The number of rotatable bonds is 3. The number of likely N-dealkylation sites (tertiary alicyclic amines) is 1. The molecule has 0 aromatic heterocycles. The summed E-state index contributed by atoms with van der Waals surface area (Å²) in [5.41, 5.74) is -0.0132. The molecule has 102 valence electrons. The van der Waals surface area contributed by atoms with E-state index in [9.17, 15) is 14.5 Å². The molecule has 0 radical (unpaired) electrons. The molecule has 3 rings (SSSR count). The van der Waals surface area contributed by atoms with Crippen molar-refractivity contribution >= 4 is 5.69 Å². The lowest BCUT2D eigenvalue weighted by atomic mass is 10.0. The third-order valence-electron chi connectivity index (χ3n) is 4.11. The Morgan fingerprint density at radius 1 is 1.37 bits per heavy atom. The first-order valence-electron chi connectivity index (χ1n) is 6.50. The van der Waals surface area contributed by atoms with Gasteiger partial charge in [-0.3, -0.25) is 15.0 Å². The summed E-state index contributed by atoms with van der Waals surface area (Å²) in [5.74, 6) is 0.589. The number of halogens is 1. The van der Waals surface area contributed by atoms with E-state index in [2.05, 4.69) is 10.2 Å². The molecule has 0 spiro atoms. The van der Waals surface area contributed by atoms with E-state index in [0.717, 1.165) is 26.2 Å². The molecule has 2 saturated heterocycles. The Labute approximate surface area is 110 Å². The van der Waals surface area contributed by atoms with E-state index < -0.39 is 16.4 Å². The summed E-state index contributed by atoms with van der Waals surface area (Å²) in [5, 5.41) is 14.1. The van der Waals surface area contributed by atoms with Gasteiger partial charge >= 0.3 is 5.69 Å². The van der Waals surface area contributed by atoms with Gasteiger partial charge in [-0.15, -0.1) is 0 Å².